The summed E-state index contributed by atoms with van der Waals surface area (Å²) in [5.74, 6) is 0.289. The highest BCUT2D eigenvalue weighted by Gasteiger charge is 1.96. The van der Waals surface area contributed by atoms with Gasteiger partial charge in [0.05, 0.1) is 0 Å². The highest BCUT2D eigenvalue weighted by Crippen LogP contribution is 1.97. The molecule has 1 aromatic heterocycles. The quantitative estimate of drug-likeness (QED) is 0.705. The third-order valence-electron chi connectivity index (χ3n) is 1.90. The van der Waals surface area contributed by atoms with Gasteiger partial charge < -0.3 is 5.73 Å². The molecule has 0 bridgehead atoms. The molecule has 0 unspecified atom stereocenters. The molecule has 1 rings (SSSR count). The molecular formula is C9H15N3O. The summed E-state index contributed by atoms with van der Waals surface area (Å²) >= 11 is 0. The van der Waals surface area contributed by atoms with E-state index in [4.69, 9.17) is 5.73 Å². The first-order chi connectivity index (χ1) is 6.24. The second-order valence-corrected chi connectivity index (χ2v) is 3.04. The van der Waals surface area contributed by atoms with Crippen LogP contribution in [0.1, 0.15) is 26.2 Å². The molecule has 2 N–H and O–H groups in total. The van der Waals surface area contributed by atoms with Gasteiger partial charge in [0, 0.05) is 12.7 Å². The SMILES string of the molecule is CCCCCn1ccc(N)nc1=O. The number of nitrogens with two attached hydrogens (primary N) is 1. The number of rotatable bonds is 4. The summed E-state index contributed by atoms with van der Waals surface area (Å²) in [4.78, 5) is 14.8. The summed E-state index contributed by atoms with van der Waals surface area (Å²) < 4.78 is 1.59. The molecule has 0 radical (unpaired) electrons. The van der Waals surface area contributed by atoms with Crippen molar-refractivity contribution >= 4 is 5.82 Å². The number of aryl methyl sites for hydroxylation is 1. The largest absolute Gasteiger partial charge is 0.383 e. The maximum atomic E-state index is 11.2. The lowest BCUT2D eigenvalue weighted by molar-refractivity contribution is 0.577. The van der Waals surface area contributed by atoms with Crippen LogP contribution in [-0.2, 0) is 6.54 Å². The Kier molecular flexibility index (Phi) is 3.49. The molecule has 0 amide bonds. The number of aromatic nitrogens is 2. The van der Waals surface area contributed by atoms with E-state index < -0.39 is 0 Å². The summed E-state index contributed by atoms with van der Waals surface area (Å²) in [7, 11) is 0. The van der Waals surface area contributed by atoms with Gasteiger partial charge in [0.25, 0.3) is 0 Å². The predicted octanol–water partition coefficient (Wildman–Crippen LogP) is 1.02. The fraction of sp³-hybridized carbons (Fsp3) is 0.556. The lowest BCUT2D eigenvalue weighted by Gasteiger charge is -2.03. The third-order valence-corrected chi connectivity index (χ3v) is 1.90. The summed E-state index contributed by atoms with van der Waals surface area (Å²) in [6.07, 6.45) is 5.00. The Bertz CT molecular complexity index is 319. The molecule has 72 valence electrons. The van der Waals surface area contributed by atoms with Crippen molar-refractivity contribution in [1.82, 2.24) is 9.55 Å². The van der Waals surface area contributed by atoms with Crippen molar-refractivity contribution in [2.75, 3.05) is 5.73 Å². The standard InChI is InChI=1S/C9H15N3O/c1-2-3-4-6-12-7-5-8(10)11-9(12)13/h5,7H,2-4,6H2,1H3,(H2,10,11,13). The van der Waals surface area contributed by atoms with Gasteiger partial charge in [0.1, 0.15) is 5.82 Å². The van der Waals surface area contributed by atoms with Crippen LogP contribution < -0.4 is 11.4 Å². The zero-order chi connectivity index (χ0) is 9.68. The van der Waals surface area contributed by atoms with Gasteiger partial charge in [-0.1, -0.05) is 19.8 Å². The number of nitrogen functional groups attached to an aromatic ring is 1. The normalized spacial score (nSPS) is 10.2. The molecule has 0 saturated heterocycles. The minimum Gasteiger partial charge on any atom is -0.383 e. The van der Waals surface area contributed by atoms with Gasteiger partial charge in [-0.25, -0.2) is 4.79 Å². The molecule has 4 nitrogen and oxygen atoms in total. The summed E-state index contributed by atoms with van der Waals surface area (Å²) in [5, 5.41) is 0. The highest BCUT2D eigenvalue weighted by molar-refractivity contribution is 5.23. The average Bonchev–Trinajstić information content (AvgIpc) is 2.09. The van der Waals surface area contributed by atoms with Gasteiger partial charge >= 0.3 is 5.69 Å². The fourth-order valence-corrected chi connectivity index (χ4v) is 1.14. The van der Waals surface area contributed by atoms with E-state index in [9.17, 15) is 4.79 Å². The summed E-state index contributed by atoms with van der Waals surface area (Å²) in [6.45, 7) is 2.87. The van der Waals surface area contributed by atoms with Gasteiger partial charge in [0.15, 0.2) is 0 Å². The molecule has 0 aliphatic heterocycles. The minimum absolute atomic E-state index is 0.254. The molecule has 1 heterocycles. The van der Waals surface area contributed by atoms with Crippen LogP contribution in [-0.4, -0.2) is 9.55 Å². The monoisotopic (exact) mass is 181 g/mol. The van der Waals surface area contributed by atoms with E-state index in [0.717, 1.165) is 25.8 Å². The van der Waals surface area contributed by atoms with Gasteiger partial charge in [-0.05, 0) is 12.5 Å². The number of anilines is 1. The average molecular weight is 181 g/mol. The molecule has 0 atom stereocenters. The maximum absolute atomic E-state index is 11.2. The number of hydrogen-bond acceptors (Lipinski definition) is 3. The number of unbranched alkanes of at least 4 members (excludes halogenated alkanes) is 2. The second kappa shape index (κ2) is 4.64. The third kappa shape index (κ3) is 2.89. The molecule has 0 aliphatic carbocycles. The molecule has 4 heteroatoms. The molecule has 0 aliphatic rings. The van der Waals surface area contributed by atoms with Crippen LogP contribution in [0.3, 0.4) is 0 Å². The fourth-order valence-electron chi connectivity index (χ4n) is 1.14. The van der Waals surface area contributed by atoms with Crippen LogP contribution in [0.2, 0.25) is 0 Å². The highest BCUT2D eigenvalue weighted by atomic mass is 16.1. The van der Waals surface area contributed by atoms with E-state index in [-0.39, 0.29) is 11.5 Å². The van der Waals surface area contributed by atoms with Crippen LogP contribution >= 0.6 is 0 Å². The van der Waals surface area contributed by atoms with Crippen molar-refractivity contribution in [2.45, 2.75) is 32.7 Å². The van der Waals surface area contributed by atoms with Gasteiger partial charge in [0.2, 0.25) is 0 Å². The minimum atomic E-state index is -0.254. The lowest BCUT2D eigenvalue weighted by Crippen LogP contribution is -2.23. The van der Waals surface area contributed by atoms with Gasteiger partial charge in [-0.2, -0.15) is 4.98 Å². The Morgan fingerprint density at radius 2 is 2.31 bits per heavy atom. The topological polar surface area (TPSA) is 60.9 Å². The maximum Gasteiger partial charge on any atom is 0.349 e. The first-order valence-corrected chi connectivity index (χ1v) is 4.57. The van der Waals surface area contributed by atoms with E-state index in [1.54, 1.807) is 16.8 Å². The zero-order valence-electron chi connectivity index (χ0n) is 7.86. The summed E-state index contributed by atoms with van der Waals surface area (Å²) in [5.41, 5.74) is 5.10. The molecular weight excluding hydrogens is 166 g/mol. The van der Waals surface area contributed by atoms with E-state index in [1.807, 2.05) is 0 Å². The van der Waals surface area contributed by atoms with Gasteiger partial charge in [-0.15, -0.1) is 0 Å². The molecule has 0 fully saturated rings. The molecule has 13 heavy (non-hydrogen) atoms. The van der Waals surface area contributed by atoms with E-state index in [2.05, 4.69) is 11.9 Å². The van der Waals surface area contributed by atoms with Crippen LogP contribution in [0.5, 0.6) is 0 Å². The number of nitrogens with zero attached hydrogens (tertiary/aromatic N) is 2. The Labute approximate surface area is 77.4 Å². The van der Waals surface area contributed by atoms with Crippen molar-refractivity contribution in [2.24, 2.45) is 0 Å². The lowest BCUT2D eigenvalue weighted by atomic mass is 10.2. The first-order valence-electron chi connectivity index (χ1n) is 4.57. The van der Waals surface area contributed by atoms with E-state index in [0.29, 0.717) is 0 Å². The van der Waals surface area contributed by atoms with Gasteiger partial charge in [-0.3, -0.25) is 4.57 Å². The van der Waals surface area contributed by atoms with E-state index in [1.165, 1.54) is 0 Å². The van der Waals surface area contributed by atoms with Crippen molar-refractivity contribution in [3.8, 4) is 0 Å². The molecule has 0 saturated carbocycles. The zero-order valence-corrected chi connectivity index (χ0v) is 7.86. The predicted molar refractivity (Wildman–Crippen MR) is 52.4 cm³/mol. The molecule has 0 spiro atoms. The Hall–Kier alpha value is -1.32. The van der Waals surface area contributed by atoms with Crippen LogP contribution in [0.15, 0.2) is 17.1 Å². The smallest absolute Gasteiger partial charge is 0.349 e. The number of hydrogen-bond donors (Lipinski definition) is 1. The Balaban J connectivity index is 2.62. The van der Waals surface area contributed by atoms with Crippen LogP contribution in [0, 0.1) is 0 Å². The van der Waals surface area contributed by atoms with Crippen molar-refractivity contribution in [1.29, 1.82) is 0 Å². The summed E-state index contributed by atoms with van der Waals surface area (Å²) in [6, 6.07) is 1.65. The van der Waals surface area contributed by atoms with Crippen LogP contribution in [0.25, 0.3) is 0 Å². The first kappa shape index (κ1) is 9.77. The Morgan fingerprint density at radius 3 is 2.92 bits per heavy atom. The van der Waals surface area contributed by atoms with Crippen molar-refractivity contribution in [3.05, 3.63) is 22.7 Å². The molecule has 1 aromatic rings. The van der Waals surface area contributed by atoms with Crippen molar-refractivity contribution < 1.29 is 0 Å². The van der Waals surface area contributed by atoms with Crippen molar-refractivity contribution in [3.63, 3.8) is 0 Å². The van der Waals surface area contributed by atoms with Crippen LogP contribution in [0.4, 0.5) is 5.82 Å². The Morgan fingerprint density at radius 1 is 1.54 bits per heavy atom. The molecule has 0 aromatic carbocycles. The van der Waals surface area contributed by atoms with E-state index >= 15 is 0 Å². The second-order valence-electron chi connectivity index (χ2n) is 3.04.